The topological polar surface area (TPSA) is 21.3 Å². The van der Waals surface area contributed by atoms with E-state index in [9.17, 15) is 4.39 Å². The highest BCUT2D eigenvalue weighted by Crippen LogP contribution is 2.26. The Labute approximate surface area is 110 Å². The Hall–Kier alpha value is -0.930. The van der Waals surface area contributed by atoms with Gasteiger partial charge in [-0.15, -0.1) is 0 Å². The molecule has 1 aromatic rings. The van der Waals surface area contributed by atoms with Crippen LogP contribution >= 0.6 is 0 Å². The summed E-state index contributed by atoms with van der Waals surface area (Å²) in [6.45, 7) is 6.15. The molecule has 0 radical (unpaired) electrons. The van der Waals surface area contributed by atoms with Gasteiger partial charge in [-0.2, -0.15) is 0 Å². The van der Waals surface area contributed by atoms with E-state index in [1.165, 1.54) is 6.07 Å². The van der Waals surface area contributed by atoms with Crippen molar-refractivity contribution in [3.8, 4) is 0 Å². The van der Waals surface area contributed by atoms with Crippen LogP contribution in [-0.4, -0.2) is 19.8 Å². The van der Waals surface area contributed by atoms with Gasteiger partial charge in [0.05, 0.1) is 5.60 Å². The average molecular weight is 253 g/mol. The maximum Gasteiger partial charge on any atom is 0.123 e. The van der Waals surface area contributed by atoms with Crippen LogP contribution in [0.3, 0.4) is 0 Å². The number of hydrogen-bond acceptors (Lipinski definition) is 2. The SMILES string of the molecule is CNC(CCC(C)(C)OC)c1cc(F)ccc1C. The lowest BCUT2D eigenvalue weighted by Crippen LogP contribution is -2.26. The molecule has 1 aromatic carbocycles. The molecule has 0 fully saturated rings. The zero-order valence-corrected chi connectivity index (χ0v) is 12.0. The van der Waals surface area contributed by atoms with Gasteiger partial charge in [0.1, 0.15) is 5.82 Å². The molecule has 102 valence electrons. The Balaban J connectivity index is 2.80. The summed E-state index contributed by atoms with van der Waals surface area (Å²) in [6, 6.07) is 5.12. The second kappa shape index (κ2) is 6.30. The standard InChI is InChI=1S/C15H24FNO/c1-11-6-7-12(16)10-13(11)14(17-4)8-9-15(2,3)18-5/h6-7,10,14,17H,8-9H2,1-5H3. The second-order valence-corrected chi connectivity index (χ2v) is 5.34. The normalized spacial score (nSPS) is 13.7. The first-order valence-electron chi connectivity index (χ1n) is 6.38. The lowest BCUT2D eigenvalue weighted by atomic mass is 9.92. The van der Waals surface area contributed by atoms with E-state index in [1.807, 2.05) is 20.0 Å². The Morgan fingerprint density at radius 1 is 1.39 bits per heavy atom. The molecule has 0 spiro atoms. The molecule has 1 N–H and O–H groups in total. The van der Waals surface area contributed by atoms with Crippen molar-refractivity contribution < 1.29 is 9.13 Å². The molecule has 0 saturated heterocycles. The molecule has 1 rings (SSSR count). The molecule has 0 aliphatic carbocycles. The van der Waals surface area contributed by atoms with E-state index in [2.05, 4.69) is 19.2 Å². The van der Waals surface area contributed by atoms with Crippen LogP contribution < -0.4 is 5.32 Å². The van der Waals surface area contributed by atoms with E-state index in [4.69, 9.17) is 4.74 Å². The monoisotopic (exact) mass is 253 g/mol. The zero-order valence-electron chi connectivity index (χ0n) is 12.0. The van der Waals surface area contributed by atoms with Gasteiger partial charge >= 0.3 is 0 Å². The first-order chi connectivity index (χ1) is 8.39. The van der Waals surface area contributed by atoms with Gasteiger partial charge in [0.15, 0.2) is 0 Å². The van der Waals surface area contributed by atoms with Crippen LogP contribution in [0.15, 0.2) is 18.2 Å². The summed E-state index contributed by atoms with van der Waals surface area (Å²) < 4.78 is 18.8. The summed E-state index contributed by atoms with van der Waals surface area (Å²) in [5, 5.41) is 3.26. The van der Waals surface area contributed by atoms with Gasteiger partial charge in [0.2, 0.25) is 0 Å². The molecule has 0 aliphatic heterocycles. The van der Waals surface area contributed by atoms with Gasteiger partial charge in [-0.25, -0.2) is 4.39 Å². The van der Waals surface area contributed by atoms with Crippen molar-refractivity contribution >= 4 is 0 Å². The van der Waals surface area contributed by atoms with E-state index in [0.717, 1.165) is 24.0 Å². The van der Waals surface area contributed by atoms with Crippen molar-refractivity contribution in [1.29, 1.82) is 0 Å². The number of ether oxygens (including phenoxy) is 1. The van der Waals surface area contributed by atoms with Crippen LogP contribution in [0.5, 0.6) is 0 Å². The molecule has 0 saturated carbocycles. The van der Waals surface area contributed by atoms with Crippen molar-refractivity contribution in [2.45, 2.75) is 45.3 Å². The van der Waals surface area contributed by atoms with Gasteiger partial charge in [-0.1, -0.05) is 6.07 Å². The maximum atomic E-state index is 13.3. The minimum absolute atomic E-state index is 0.143. The number of halogens is 1. The smallest absolute Gasteiger partial charge is 0.123 e. The number of aryl methyl sites for hydroxylation is 1. The van der Waals surface area contributed by atoms with Crippen LogP contribution in [0.25, 0.3) is 0 Å². The highest BCUT2D eigenvalue weighted by molar-refractivity contribution is 5.29. The van der Waals surface area contributed by atoms with Crippen LogP contribution in [-0.2, 0) is 4.74 Å². The molecule has 0 aromatic heterocycles. The predicted molar refractivity (Wildman–Crippen MR) is 73.3 cm³/mol. The third kappa shape index (κ3) is 4.07. The van der Waals surface area contributed by atoms with E-state index in [-0.39, 0.29) is 17.5 Å². The summed E-state index contributed by atoms with van der Waals surface area (Å²) >= 11 is 0. The first kappa shape index (κ1) is 15.1. The van der Waals surface area contributed by atoms with Gasteiger partial charge < -0.3 is 10.1 Å². The summed E-state index contributed by atoms with van der Waals surface area (Å²) in [5.41, 5.74) is 2.01. The van der Waals surface area contributed by atoms with Crippen LogP contribution in [0.2, 0.25) is 0 Å². The molecule has 3 heteroatoms. The molecular weight excluding hydrogens is 229 g/mol. The van der Waals surface area contributed by atoms with Crippen molar-refractivity contribution in [1.82, 2.24) is 5.32 Å². The molecule has 0 amide bonds. The minimum Gasteiger partial charge on any atom is -0.379 e. The molecule has 0 bridgehead atoms. The fourth-order valence-corrected chi connectivity index (χ4v) is 2.04. The maximum absolute atomic E-state index is 13.3. The molecule has 0 aliphatic rings. The van der Waals surface area contributed by atoms with E-state index >= 15 is 0 Å². The summed E-state index contributed by atoms with van der Waals surface area (Å²) in [7, 11) is 3.64. The Morgan fingerprint density at radius 2 is 2.06 bits per heavy atom. The van der Waals surface area contributed by atoms with Crippen LogP contribution in [0.1, 0.15) is 43.9 Å². The quantitative estimate of drug-likeness (QED) is 0.836. The molecule has 0 heterocycles. The number of methoxy groups -OCH3 is 1. The number of rotatable bonds is 6. The highest BCUT2D eigenvalue weighted by atomic mass is 19.1. The van der Waals surface area contributed by atoms with Crippen molar-refractivity contribution in [3.63, 3.8) is 0 Å². The van der Waals surface area contributed by atoms with Crippen molar-refractivity contribution in [3.05, 3.63) is 35.1 Å². The molecule has 1 atom stereocenters. The molecule has 18 heavy (non-hydrogen) atoms. The van der Waals surface area contributed by atoms with E-state index in [1.54, 1.807) is 13.2 Å². The van der Waals surface area contributed by atoms with Crippen LogP contribution in [0.4, 0.5) is 4.39 Å². The second-order valence-electron chi connectivity index (χ2n) is 5.34. The van der Waals surface area contributed by atoms with E-state index < -0.39 is 0 Å². The van der Waals surface area contributed by atoms with Gasteiger partial charge in [0, 0.05) is 13.2 Å². The van der Waals surface area contributed by atoms with Gasteiger partial charge in [0.25, 0.3) is 0 Å². The summed E-state index contributed by atoms with van der Waals surface area (Å²) in [4.78, 5) is 0. The summed E-state index contributed by atoms with van der Waals surface area (Å²) in [6.07, 6.45) is 1.84. The Kier molecular flexibility index (Phi) is 5.29. The number of nitrogens with one attached hydrogen (secondary N) is 1. The molecular formula is C15H24FNO. The fraction of sp³-hybridized carbons (Fsp3) is 0.600. The summed E-state index contributed by atoms with van der Waals surface area (Å²) in [5.74, 6) is -0.179. The molecule has 2 nitrogen and oxygen atoms in total. The average Bonchev–Trinajstić information content (AvgIpc) is 2.34. The Morgan fingerprint density at radius 3 is 2.61 bits per heavy atom. The lowest BCUT2D eigenvalue weighted by Gasteiger charge is -2.26. The van der Waals surface area contributed by atoms with Crippen molar-refractivity contribution in [2.24, 2.45) is 0 Å². The number of benzene rings is 1. The third-order valence-electron chi connectivity index (χ3n) is 3.55. The zero-order chi connectivity index (χ0) is 13.8. The predicted octanol–water partition coefficient (Wildman–Crippen LogP) is 3.60. The van der Waals surface area contributed by atoms with Gasteiger partial charge in [-0.3, -0.25) is 0 Å². The third-order valence-corrected chi connectivity index (χ3v) is 3.55. The van der Waals surface area contributed by atoms with E-state index in [0.29, 0.717) is 0 Å². The highest BCUT2D eigenvalue weighted by Gasteiger charge is 2.20. The minimum atomic E-state index is -0.179. The molecule has 1 unspecified atom stereocenters. The largest absolute Gasteiger partial charge is 0.379 e. The number of hydrogen-bond donors (Lipinski definition) is 1. The Bertz CT molecular complexity index is 390. The lowest BCUT2D eigenvalue weighted by molar-refractivity contribution is 0.0118. The van der Waals surface area contributed by atoms with Gasteiger partial charge in [-0.05, 0) is 63.9 Å². The first-order valence-corrected chi connectivity index (χ1v) is 6.38. The van der Waals surface area contributed by atoms with Crippen molar-refractivity contribution in [2.75, 3.05) is 14.2 Å². The fourth-order valence-electron chi connectivity index (χ4n) is 2.04. The van der Waals surface area contributed by atoms with Crippen LogP contribution in [0, 0.1) is 12.7 Å².